The van der Waals surface area contributed by atoms with Gasteiger partial charge >= 0.3 is 5.97 Å². The van der Waals surface area contributed by atoms with Crippen molar-refractivity contribution in [1.82, 2.24) is 9.78 Å². The van der Waals surface area contributed by atoms with E-state index in [0.717, 1.165) is 5.56 Å². The first-order valence-electron chi connectivity index (χ1n) is 6.34. The summed E-state index contributed by atoms with van der Waals surface area (Å²) >= 11 is 0. The molecule has 112 valence electrons. The molecule has 0 saturated heterocycles. The second-order valence-electron chi connectivity index (χ2n) is 4.88. The Morgan fingerprint density at radius 1 is 1.38 bits per heavy atom. The van der Waals surface area contributed by atoms with Crippen LogP contribution in [-0.4, -0.2) is 35.0 Å². The molecular formula is C14H16N2O4S. The third-order valence-electron chi connectivity index (χ3n) is 3.19. The lowest BCUT2D eigenvalue weighted by molar-refractivity contribution is 0.0696. The van der Waals surface area contributed by atoms with Crippen molar-refractivity contribution >= 4 is 15.8 Å². The molecule has 21 heavy (non-hydrogen) atoms. The highest BCUT2D eigenvalue weighted by Crippen LogP contribution is 2.19. The van der Waals surface area contributed by atoms with Crippen molar-refractivity contribution in [3.05, 3.63) is 47.3 Å². The zero-order valence-corrected chi connectivity index (χ0v) is 12.6. The number of aromatic carboxylic acids is 1. The van der Waals surface area contributed by atoms with E-state index in [1.807, 2.05) is 0 Å². The molecule has 7 heteroatoms. The van der Waals surface area contributed by atoms with Gasteiger partial charge in [-0.3, -0.25) is 4.68 Å². The third-order valence-corrected chi connectivity index (χ3v) is 5.04. The Hall–Kier alpha value is -2.15. The maximum atomic E-state index is 12.4. The fourth-order valence-electron chi connectivity index (χ4n) is 2.03. The van der Waals surface area contributed by atoms with Crippen LogP contribution in [0, 0.1) is 6.92 Å². The fourth-order valence-corrected chi connectivity index (χ4v) is 3.62. The zero-order valence-electron chi connectivity index (χ0n) is 11.8. The van der Waals surface area contributed by atoms with Crippen molar-refractivity contribution in [2.45, 2.75) is 18.2 Å². The van der Waals surface area contributed by atoms with Gasteiger partial charge in [0, 0.05) is 13.2 Å². The van der Waals surface area contributed by atoms with E-state index in [1.165, 1.54) is 18.2 Å². The van der Waals surface area contributed by atoms with E-state index in [0.29, 0.717) is 12.0 Å². The van der Waals surface area contributed by atoms with Gasteiger partial charge in [-0.15, -0.1) is 0 Å². The molecule has 1 heterocycles. The van der Waals surface area contributed by atoms with E-state index in [1.54, 1.807) is 31.0 Å². The molecule has 0 unspecified atom stereocenters. The molecule has 2 rings (SSSR count). The maximum absolute atomic E-state index is 12.4. The second-order valence-corrected chi connectivity index (χ2v) is 6.95. The highest BCUT2D eigenvalue weighted by Gasteiger charge is 2.19. The monoisotopic (exact) mass is 308 g/mol. The Morgan fingerprint density at radius 3 is 2.67 bits per heavy atom. The summed E-state index contributed by atoms with van der Waals surface area (Å²) in [6.45, 7) is 1.66. The summed E-state index contributed by atoms with van der Waals surface area (Å²) < 4.78 is 26.4. The smallest absolute Gasteiger partial charge is 0.335 e. The molecule has 0 spiro atoms. The molecule has 1 aromatic carbocycles. The predicted octanol–water partition coefficient (Wildman–Crippen LogP) is 1.44. The molecule has 2 aromatic rings. The zero-order chi connectivity index (χ0) is 15.6. The molecule has 1 aromatic heterocycles. The number of carbonyl (C=O) groups is 1. The van der Waals surface area contributed by atoms with Crippen LogP contribution in [0.1, 0.15) is 21.5 Å². The molecule has 0 amide bonds. The minimum atomic E-state index is -3.54. The van der Waals surface area contributed by atoms with E-state index in [-0.39, 0.29) is 16.2 Å². The van der Waals surface area contributed by atoms with Gasteiger partial charge in [-0.25, -0.2) is 13.2 Å². The van der Waals surface area contributed by atoms with Crippen molar-refractivity contribution in [3.63, 3.8) is 0 Å². The summed E-state index contributed by atoms with van der Waals surface area (Å²) in [5, 5.41) is 13.0. The summed E-state index contributed by atoms with van der Waals surface area (Å²) in [6.07, 6.45) is 3.72. The average molecular weight is 308 g/mol. The standard InChI is InChI=1S/C14H16N2O4S/c1-10-3-4-12(14(17)18)7-13(10)21(19,20)6-5-11-8-15-16(2)9-11/h3-4,7-9H,5-6H2,1-2H3,(H,17,18). The molecule has 0 saturated carbocycles. The Labute approximate surface area is 123 Å². The van der Waals surface area contributed by atoms with Gasteiger partial charge in [0.2, 0.25) is 0 Å². The van der Waals surface area contributed by atoms with Gasteiger partial charge < -0.3 is 5.11 Å². The summed E-state index contributed by atoms with van der Waals surface area (Å²) in [5.41, 5.74) is 1.35. The van der Waals surface area contributed by atoms with Crippen LogP contribution < -0.4 is 0 Å². The Balaban J connectivity index is 2.26. The molecule has 6 nitrogen and oxygen atoms in total. The van der Waals surface area contributed by atoms with Crippen LogP contribution in [-0.2, 0) is 23.3 Å². The average Bonchev–Trinajstić information content (AvgIpc) is 2.82. The molecule has 0 aliphatic rings. The van der Waals surface area contributed by atoms with E-state index < -0.39 is 15.8 Å². The first-order valence-corrected chi connectivity index (χ1v) is 7.99. The lowest BCUT2D eigenvalue weighted by Gasteiger charge is -2.08. The normalized spacial score (nSPS) is 11.5. The van der Waals surface area contributed by atoms with Gasteiger partial charge in [-0.05, 0) is 36.6 Å². The van der Waals surface area contributed by atoms with Crippen LogP contribution in [0.2, 0.25) is 0 Å². The quantitative estimate of drug-likeness (QED) is 0.903. The first-order chi connectivity index (χ1) is 9.79. The number of carboxylic acids is 1. The van der Waals surface area contributed by atoms with Crippen LogP contribution in [0.4, 0.5) is 0 Å². The van der Waals surface area contributed by atoms with Crippen molar-refractivity contribution in [1.29, 1.82) is 0 Å². The lowest BCUT2D eigenvalue weighted by atomic mass is 10.1. The van der Waals surface area contributed by atoms with E-state index in [4.69, 9.17) is 5.11 Å². The molecule has 0 aliphatic carbocycles. The predicted molar refractivity (Wildman–Crippen MR) is 77.1 cm³/mol. The number of carboxylic acid groups (broad SMARTS) is 1. The fraction of sp³-hybridized carbons (Fsp3) is 0.286. The maximum Gasteiger partial charge on any atom is 0.335 e. The van der Waals surface area contributed by atoms with Crippen molar-refractivity contribution in [2.75, 3.05) is 5.75 Å². The van der Waals surface area contributed by atoms with E-state index >= 15 is 0 Å². The molecular weight excluding hydrogens is 292 g/mol. The number of hydrogen-bond acceptors (Lipinski definition) is 4. The summed E-state index contributed by atoms with van der Waals surface area (Å²) in [5.74, 6) is -1.22. The van der Waals surface area contributed by atoms with Gasteiger partial charge in [0.1, 0.15) is 0 Å². The van der Waals surface area contributed by atoms with Gasteiger partial charge in [0.15, 0.2) is 9.84 Å². The number of benzene rings is 1. The number of aromatic nitrogens is 2. The molecule has 1 N–H and O–H groups in total. The minimum absolute atomic E-state index is 0.0273. The van der Waals surface area contributed by atoms with Crippen molar-refractivity contribution in [2.24, 2.45) is 7.05 Å². The van der Waals surface area contributed by atoms with E-state index in [9.17, 15) is 13.2 Å². The summed E-state index contributed by atoms with van der Waals surface area (Å²) in [6, 6.07) is 4.13. The summed E-state index contributed by atoms with van der Waals surface area (Å²) in [7, 11) is -1.77. The van der Waals surface area contributed by atoms with Crippen LogP contribution in [0.15, 0.2) is 35.5 Å². The van der Waals surface area contributed by atoms with Crippen LogP contribution in [0.3, 0.4) is 0 Å². The molecule has 0 bridgehead atoms. The minimum Gasteiger partial charge on any atom is -0.478 e. The van der Waals surface area contributed by atoms with Gasteiger partial charge in [0.25, 0.3) is 0 Å². The second kappa shape index (κ2) is 5.69. The highest BCUT2D eigenvalue weighted by atomic mass is 32.2. The van der Waals surface area contributed by atoms with Crippen LogP contribution >= 0.6 is 0 Å². The van der Waals surface area contributed by atoms with Crippen molar-refractivity contribution in [3.8, 4) is 0 Å². The van der Waals surface area contributed by atoms with Gasteiger partial charge in [-0.2, -0.15) is 5.10 Å². The third kappa shape index (κ3) is 3.49. The number of hydrogen-bond donors (Lipinski definition) is 1. The Morgan fingerprint density at radius 2 is 2.10 bits per heavy atom. The molecule has 0 radical (unpaired) electrons. The number of aryl methyl sites for hydroxylation is 3. The highest BCUT2D eigenvalue weighted by molar-refractivity contribution is 7.91. The number of rotatable bonds is 5. The van der Waals surface area contributed by atoms with Crippen molar-refractivity contribution < 1.29 is 18.3 Å². The number of nitrogens with zero attached hydrogens (tertiary/aromatic N) is 2. The lowest BCUT2D eigenvalue weighted by Crippen LogP contribution is -2.12. The van der Waals surface area contributed by atoms with Crippen LogP contribution in [0.5, 0.6) is 0 Å². The van der Waals surface area contributed by atoms with Crippen LogP contribution in [0.25, 0.3) is 0 Å². The number of sulfone groups is 1. The Bertz CT molecular complexity index is 778. The van der Waals surface area contributed by atoms with Gasteiger partial charge in [0.05, 0.1) is 22.4 Å². The molecule has 0 fully saturated rings. The largest absolute Gasteiger partial charge is 0.478 e. The van der Waals surface area contributed by atoms with E-state index in [2.05, 4.69) is 5.10 Å². The topological polar surface area (TPSA) is 89.3 Å². The Kier molecular flexibility index (Phi) is 4.13. The SMILES string of the molecule is Cc1ccc(C(=O)O)cc1S(=O)(=O)CCc1cnn(C)c1. The molecule has 0 atom stereocenters. The summed E-state index contributed by atoms with van der Waals surface area (Å²) in [4.78, 5) is 11.0. The molecule has 0 aliphatic heterocycles. The first kappa shape index (κ1) is 15.2. The van der Waals surface area contributed by atoms with Gasteiger partial charge in [-0.1, -0.05) is 6.07 Å².